The molecule has 3 heteroatoms. The predicted octanol–water partition coefficient (Wildman–Crippen LogP) is 4.81. The Hall–Kier alpha value is -1.35. The van der Waals surface area contributed by atoms with Crippen LogP contribution in [0.3, 0.4) is 0 Å². The van der Waals surface area contributed by atoms with Crippen LogP contribution in [0.1, 0.15) is 68.4 Å². The Morgan fingerprint density at radius 3 is 2.26 bits per heavy atom. The maximum absolute atomic E-state index is 10.5. The number of hydrogen-bond acceptors (Lipinski definition) is 2. The monoisotopic (exact) mass is 319 g/mol. The lowest BCUT2D eigenvalue weighted by Gasteiger charge is -2.47. The van der Waals surface area contributed by atoms with Crippen LogP contribution in [0.5, 0.6) is 0 Å². The summed E-state index contributed by atoms with van der Waals surface area (Å²) in [5.74, 6) is -0.859. The van der Waals surface area contributed by atoms with Crippen LogP contribution in [-0.4, -0.2) is 24.2 Å². The van der Waals surface area contributed by atoms with Crippen LogP contribution in [0, 0.1) is 24.7 Å². The van der Waals surface area contributed by atoms with E-state index in [2.05, 4.69) is 33.0 Å². The molecule has 3 nitrogen and oxygen atoms in total. The van der Waals surface area contributed by atoms with Crippen LogP contribution >= 0.6 is 0 Å². The van der Waals surface area contributed by atoms with Crippen LogP contribution in [0.4, 0.5) is 0 Å². The third-order valence-electron chi connectivity index (χ3n) is 5.84. The lowest BCUT2D eigenvalue weighted by molar-refractivity contribution is 0.0477. The maximum Gasteiger partial charge on any atom is 0.335 e. The van der Waals surface area contributed by atoms with Gasteiger partial charge in [-0.05, 0) is 62.2 Å². The Bertz CT molecular complexity index is 528. The van der Waals surface area contributed by atoms with E-state index in [1.807, 2.05) is 13.0 Å². The van der Waals surface area contributed by atoms with E-state index in [1.165, 1.54) is 32.4 Å². The second kappa shape index (κ2) is 7.96. The van der Waals surface area contributed by atoms with Gasteiger partial charge < -0.3 is 10.4 Å². The molecule has 1 heterocycles. The first-order valence-electron chi connectivity index (χ1n) is 8.64. The Balaban J connectivity index is 0.000000231. The highest BCUT2D eigenvalue weighted by Gasteiger charge is 2.39. The van der Waals surface area contributed by atoms with Gasteiger partial charge in [-0.3, -0.25) is 0 Å². The molecule has 0 saturated carbocycles. The Morgan fingerprint density at radius 1 is 1.26 bits per heavy atom. The molecule has 130 valence electrons. The van der Waals surface area contributed by atoms with E-state index < -0.39 is 5.97 Å². The number of carboxylic acid groups (broad SMARTS) is 1. The van der Waals surface area contributed by atoms with Crippen molar-refractivity contribution in [3.63, 3.8) is 0 Å². The van der Waals surface area contributed by atoms with Gasteiger partial charge in [0, 0.05) is 0 Å². The molecular weight excluding hydrogens is 286 g/mol. The molecule has 0 atom stereocenters. The third-order valence-corrected chi connectivity index (χ3v) is 5.84. The van der Waals surface area contributed by atoms with Gasteiger partial charge >= 0.3 is 5.97 Å². The fourth-order valence-electron chi connectivity index (χ4n) is 3.14. The van der Waals surface area contributed by atoms with E-state index in [9.17, 15) is 4.79 Å². The quantitative estimate of drug-likeness (QED) is 0.840. The number of hydrogen-bond donors (Lipinski definition) is 2. The normalized spacial score (nSPS) is 17.1. The molecule has 23 heavy (non-hydrogen) atoms. The predicted molar refractivity (Wildman–Crippen MR) is 97.2 cm³/mol. The van der Waals surface area contributed by atoms with Crippen molar-refractivity contribution in [3.05, 3.63) is 34.9 Å². The minimum absolute atomic E-state index is 0.385. The van der Waals surface area contributed by atoms with Crippen molar-refractivity contribution in [3.8, 4) is 0 Å². The van der Waals surface area contributed by atoms with E-state index in [4.69, 9.17) is 5.11 Å². The standard InChI is InChI=1S/C11H23N.C9H10O2/c1-5-10(2,3)11(4)6-8-12-9-7-11;1-6-3-4-8(9(10)11)7(2)5-6/h12H,5-9H2,1-4H3;3-5H,1-2H3,(H,10,11). The molecule has 2 N–H and O–H groups in total. The molecule has 1 aliphatic rings. The van der Waals surface area contributed by atoms with Crippen molar-refractivity contribution < 1.29 is 9.90 Å². The molecule has 1 fully saturated rings. The van der Waals surface area contributed by atoms with Gasteiger partial charge in [-0.2, -0.15) is 0 Å². The molecule has 0 radical (unpaired) electrons. The van der Waals surface area contributed by atoms with Crippen molar-refractivity contribution in [2.45, 2.75) is 60.8 Å². The van der Waals surface area contributed by atoms with Gasteiger partial charge in [-0.1, -0.05) is 51.8 Å². The van der Waals surface area contributed by atoms with Crippen LogP contribution in [0.25, 0.3) is 0 Å². The van der Waals surface area contributed by atoms with Crippen molar-refractivity contribution in [1.82, 2.24) is 5.32 Å². The molecule has 0 amide bonds. The fraction of sp³-hybridized carbons (Fsp3) is 0.650. The Morgan fingerprint density at radius 2 is 1.83 bits per heavy atom. The molecule has 2 rings (SSSR count). The number of carbonyl (C=O) groups is 1. The van der Waals surface area contributed by atoms with Crippen molar-refractivity contribution in [2.24, 2.45) is 10.8 Å². The minimum atomic E-state index is -0.859. The molecule has 0 aliphatic carbocycles. The van der Waals surface area contributed by atoms with E-state index in [0.717, 1.165) is 11.1 Å². The van der Waals surface area contributed by atoms with E-state index in [-0.39, 0.29) is 0 Å². The number of rotatable bonds is 3. The summed E-state index contributed by atoms with van der Waals surface area (Å²) in [4.78, 5) is 10.5. The topological polar surface area (TPSA) is 49.3 Å². The smallest absolute Gasteiger partial charge is 0.335 e. The summed E-state index contributed by atoms with van der Waals surface area (Å²) in [5.41, 5.74) is 3.36. The van der Waals surface area contributed by atoms with Crippen LogP contribution in [0.15, 0.2) is 18.2 Å². The summed E-state index contributed by atoms with van der Waals surface area (Å²) < 4.78 is 0. The van der Waals surface area contributed by atoms with Gasteiger partial charge in [-0.25, -0.2) is 4.79 Å². The molecule has 1 aromatic carbocycles. The summed E-state index contributed by atoms with van der Waals surface area (Å²) in [6.45, 7) is 15.8. The minimum Gasteiger partial charge on any atom is -0.478 e. The Kier molecular flexibility index (Phi) is 6.82. The average Bonchev–Trinajstić information content (AvgIpc) is 2.48. The fourth-order valence-corrected chi connectivity index (χ4v) is 3.14. The number of carboxylic acids is 1. The van der Waals surface area contributed by atoms with Gasteiger partial charge in [0.05, 0.1) is 5.56 Å². The summed E-state index contributed by atoms with van der Waals surface area (Å²) in [5, 5.41) is 12.1. The van der Waals surface area contributed by atoms with Crippen LogP contribution in [0.2, 0.25) is 0 Å². The van der Waals surface area contributed by atoms with E-state index in [0.29, 0.717) is 16.4 Å². The van der Waals surface area contributed by atoms with E-state index >= 15 is 0 Å². The van der Waals surface area contributed by atoms with Gasteiger partial charge in [0.2, 0.25) is 0 Å². The number of benzene rings is 1. The first-order valence-corrected chi connectivity index (χ1v) is 8.64. The van der Waals surface area contributed by atoms with Crippen LogP contribution in [-0.2, 0) is 0 Å². The summed E-state index contributed by atoms with van der Waals surface area (Å²) in [6.07, 6.45) is 3.98. The molecule has 0 spiro atoms. The number of aromatic carboxylic acids is 1. The summed E-state index contributed by atoms with van der Waals surface area (Å²) in [7, 11) is 0. The van der Waals surface area contributed by atoms with Crippen molar-refractivity contribution in [2.75, 3.05) is 13.1 Å². The van der Waals surface area contributed by atoms with E-state index in [1.54, 1.807) is 19.1 Å². The van der Waals surface area contributed by atoms with Crippen LogP contribution < -0.4 is 5.32 Å². The first-order chi connectivity index (χ1) is 10.6. The number of aryl methyl sites for hydroxylation is 2. The molecule has 1 saturated heterocycles. The lowest BCUT2D eigenvalue weighted by Crippen LogP contribution is -2.43. The van der Waals surface area contributed by atoms with Gasteiger partial charge in [-0.15, -0.1) is 0 Å². The average molecular weight is 319 g/mol. The highest BCUT2D eigenvalue weighted by atomic mass is 16.4. The molecule has 0 bridgehead atoms. The zero-order chi connectivity index (χ0) is 17.7. The van der Waals surface area contributed by atoms with Gasteiger partial charge in [0.25, 0.3) is 0 Å². The summed E-state index contributed by atoms with van der Waals surface area (Å²) >= 11 is 0. The number of piperidine rings is 1. The number of nitrogens with one attached hydrogen (secondary N) is 1. The zero-order valence-electron chi connectivity index (χ0n) is 15.6. The van der Waals surface area contributed by atoms with Crippen molar-refractivity contribution in [1.29, 1.82) is 0 Å². The molecular formula is C20H33NO2. The molecule has 0 aromatic heterocycles. The largest absolute Gasteiger partial charge is 0.478 e. The summed E-state index contributed by atoms with van der Waals surface area (Å²) in [6, 6.07) is 5.30. The molecule has 1 aliphatic heterocycles. The third kappa shape index (κ3) is 5.07. The van der Waals surface area contributed by atoms with Gasteiger partial charge in [0.15, 0.2) is 0 Å². The first kappa shape index (κ1) is 19.7. The second-order valence-electron chi connectivity index (χ2n) is 7.67. The van der Waals surface area contributed by atoms with Gasteiger partial charge in [0.1, 0.15) is 0 Å². The zero-order valence-corrected chi connectivity index (χ0v) is 15.6. The second-order valence-corrected chi connectivity index (χ2v) is 7.67. The molecule has 0 unspecified atom stereocenters. The SMILES string of the molecule is CCC(C)(C)C1(C)CCNCC1.Cc1ccc(C(=O)O)c(C)c1. The lowest BCUT2D eigenvalue weighted by atomic mass is 9.61. The molecule has 1 aromatic rings. The highest BCUT2D eigenvalue weighted by molar-refractivity contribution is 5.89. The van der Waals surface area contributed by atoms with Crippen molar-refractivity contribution >= 4 is 5.97 Å². The Labute approximate surface area is 141 Å². The maximum atomic E-state index is 10.5. The highest BCUT2D eigenvalue weighted by Crippen LogP contribution is 2.47.